The molecular formula is C18H29F9O7. The molecule has 0 saturated carbocycles. The SMILES string of the molecule is OCCOCCOCCOCCOCCOCCOCCC(F)(F)C(F)(F)C(F)(F)C(F)(F)F. The van der Waals surface area contributed by atoms with Crippen LogP contribution in [-0.2, 0) is 28.4 Å². The van der Waals surface area contributed by atoms with E-state index < -0.39 is 37.0 Å². The maximum atomic E-state index is 13.3. The molecule has 206 valence electrons. The molecule has 0 aromatic rings. The highest BCUT2D eigenvalue weighted by Gasteiger charge is 2.81. The molecule has 0 fully saturated rings. The summed E-state index contributed by atoms with van der Waals surface area (Å²) in [5, 5.41) is 8.49. The molecule has 0 amide bonds. The standard InChI is InChI=1S/C18H29F9O7/c19-15(20,16(21,22)17(23,24)18(25,26)27)1-3-29-5-7-31-9-11-33-13-14-34-12-10-32-8-6-30-4-2-28/h28H,1-14H2. The molecule has 0 aliphatic heterocycles. The molecule has 16 heteroatoms. The fraction of sp³-hybridized carbons (Fsp3) is 1.00. The summed E-state index contributed by atoms with van der Waals surface area (Å²) in [6.45, 7) is 0.550. The van der Waals surface area contributed by atoms with Gasteiger partial charge in [0.2, 0.25) is 0 Å². The van der Waals surface area contributed by atoms with Crippen LogP contribution in [0.2, 0.25) is 0 Å². The summed E-state index contributed by atoms with van der Waals surface area (Å²) >= 11 is 0. The summed E-state index contributed by atoms with van der Waals surface area (Å²) in [4.78, 5) is 0. The van der Waals surface area contributed by atoms with Gasteiger partial charge in [-0.3, -0.25) is 0 Å². The zero-order valence-corrected chi connectivity index (χ0v) is 18.2. The first-order chi connectivity index (χ1) is 15.8. The van der Waals surface area contributed by atoms with Gasteiger partial charge in [-0.05, 0) is 0 Å². The lowest BCUT2D eigenvalue weighted by molar-refractivity contribution is -0.397. The molecule has 7 nitrogen and oxygen atoms in total. The highest BCUT2D eigenvalue weighted by atomic mass is 19.4. The molecule has 0 heterocycles. The second kappa shape index (κ2) is 16.7. The molecule has 0 saturated heterocycles. The minimum atomic E-state index is -6.90. The van der Waals surface area contributed by atoms with E-state index in [1.54, 1.807) is 0 Å². The van der Waals surface area contributed by atoms with Crippen molar-refractivity contribution in [3.63, 3.8) is 0 Å². The van der Waals surface area contributed by atoms with Crippen LogP contribution in [0.25, 0.3) is 0 Å². The molecule has 0 aliphatic rings. The molecule has 0 atom stereocenters. The Morgan fingerprint density at radius 3 is 1.00 bits per heavy atom. The van der Waals surface area contributed by atoms with Gasteiger partial charge in [0, 0.05) is 6.42 Å². The van der Waals surface area contributed by atoms with Crippen molar-refractivity contribution in [3.8, 4) is 0 Å². The van der Waals surface area contributed by atoms with Crippen LogP contribution < -0.4 is 0 Å². The Labute approximate surface area is 190 Å². The summed E-state index contributed by atoms with van der Waals surface area (Å²) < 4.78 is 144. The molecule has 0 spiro atoms. The van der Waals surface area contributed by atoms with Gasteiger partial charge in [-0.25, -0.2) is 0 Å². The van der Waals surface area contributed by atoms with E-state index in [2.05, 4.69) is 4.74 Å². The number of alkyl halides is 9. The van der Waals surface area contributed by atoms with Crippen molar-refractivity contribution in [2.24, 2.45) is 0 Å². The van der Waals surface area contributed by atoms with Crippen molar-refractivity contribution in [1.82, 2.24) is 0 Å². The molecule has 0 aliphatic carbocycles. The van der Waals surface area contributed by atoms with Crippen molar-refractivity contribution in [3.05, 3.63) is 0 Å². The Kier molecular flexibility index (Phi) is 16.3. The maximum absolute atomic E-state index is 13.3. The lowest BCUT2D eigenvalue weighted by atomic mass is 10.0. The van der Waals surface area contributed by atoms with E-state index in [0.29, 0.717) is 26.4 Å². The molecular weight excluding hydrogens is 499 g/mol. The Morgan fingerprint density at radius 2 is 0.706 bits per heavy atom. The summed E-state index contributed by atoms with van der Waals surface area (Å²) in [5.74, 6) is -19.2. The third kappa shape index (κ3) is 12.2. The zero-order chi connectivity index (χ0) is 26.1. The molecule has 0 rings (SSSR count). The number of hydrogen-bond donors (Lipinski definition) is 1. The maximum Gasteiger partial charge on any atom is 0.460 e. The third-order valence-electron chi connectivity index (χ3n) is 3.87. The van der Waals surface area contributed by atoms with Crippen LogP contribution in [0, 0.1) is 0 Å². The average molecular weight is 528 g/mol. The summed E-state index contributed by atoms with van der Waals surface area (Å²) in [5.41, 5.74) is 0. The van der Waals surface area contributed by atoms with Crippen molar-refractivity contribution >= 4 is 0 Å². The zero-order valence-electron chi connectivity index (χ0n) is 18.2. The summed E-state index contributed by atoms with van der Waals surface area (Å²) in [6, 6.07) is 0. The van der Waals surface area contributed by atoms with Crippen LogP contribution in [0.4, 0.5) is 39.5 Å². The Balaban J connectivity index is 3.65. The Morgan fingerprint density at radius 1 is 0.412 bits per heavy atom. The van der Waals surface area contributed by atoms with Crippen molar-refractivity contribution < 1.29 is 73.0 Å². The normalized spacial score (nSPS) is 13.6. The van der Waals surface area contributed by atoms with Crippen molar-refractivity contribution in [2.75, 3.05) is 85.9 Å². The lowest BCUT2D eigenvalue weighted by Crippen LogP contribution is -2.61. The number of halogens is 9. The van der Waals surface area contributed by atoms with Crippen LogP contribution in [0.3, 0.4) is 0 Å². The van der Waals surface area contributed by atoms with Crippen LogP contribution in [0.1, 0.15) is 6.42 Å². The minimum absolute atomic E-state index is 0.0596. The number of ether oxygens (including phenoxy) is 6. The first-order valence-corrected chi connectivity index (χ1v) is 10.1. The first kappa shape index (κ1) is 33.1. The fourth-order valence-electron chi connectivity index (χ4n) is 2.03. The third-order valence-corrected chi connectivity index (χ3v) is 3.87. The van der Waals surface area contributed by atoms with Crippen LogP contribution in [0.5, 0.6) is 0 Å². The monoisotopic (exact) mass is 528 g/mol. The molecule has 1 N–H and O–H groups in total. The van der Waals surface area contributed by atoms with E-state index in [9.17, 15) is 39.5 Å². The van der Waals surface area contributed by atoms with E-state index in [4.69, 9.17) is 28.8 Å². The van der Waals surface area contributed by atoms with Crippen molar-refractivity contribution in [1.29, 1.82) is 0 Å². The van der Waals surface area contributed by atoms with Gasteiger partial charge in [0.25, 0.3) is 0 Å². The van der Waals surface area contributed by atoms with Gasteiger partial charge in [-0.15, -0.1) is 0 Å². The number of hydrogen-bond acceptors (Lipinski definition) is 7. The predicted octanol–water partition coefficient (Wildman–Crippen LogP) is 2.94. The topological polar surface area (TPSA) is 75.6 Å². The lowest BCUT2D eigenvalue weighted by Gasteiger charge is -2.33. The first-order valence-electron chi connectivity index (χ1n) is 10.1. The van der Waals surface area contributed by atoms with E-state index in [1.165, 1.54) is 0 Å². The van der Waals surface area contributed by atoms with E-state index >= 15 is 0 Å². The number of aliphatic hydroxyl groups is 1. The average Bonchev–Trinajstić information content (AvgIpc) is 2.74. The van der Waals surface area contributed by atoms with Gasteiger partial charge in [0.15, 0.2) is 0 Å². The highest BCUT2D eigenvalue weighted by molar-refractivity contribution is 5.00. The second-order valence-electron chi connectivity index (χ2n) is 6.50. The van der Waals surface area contributed by atoms with Gasteiger partial charge in [-0.1, -0.05) is 0 Å². The Bertz CT molecular complexity index is 509. The molecule has 0 radical (unpaired) electrons. The number of rotatable bonds is 22. The summed E-state index contributed by atoms with van der Waals surface area (Å²) in [7, 11) is 0. The Hall–Kier alpha value is -0.910. The van der Waals surface area contributed by atoms with Gasteiger partial charge < -0.3 is 33.5 Å². The highest BCUT2D eigenvalue weighted by Crippen LogP contribution is 2.53. The molecule has 0 aromatic heterocycles. The van der Waals surface area contributed by atoms with Gasteiger partial charge in [-0.2, -0.15) is 39.5 Å². The van der Waals surface area contributed by atoms with Crippen LogP contribution in [-0.4, -0.2) is 115 Å². The van der Waals surface area contributed by atoms with Crippen LogP contribution >= 0.6 is 0 Å². The van der Waals surface area contributed by atoms with Gasteiger partial charge >= 0.3 is 23.9 Å². The van der Waals surface area contributed by atoms with Crippen LogP contribution in [0.15, 0.2) is 0 Å². The summed E-state index contributed by atoms with van der Waals surface area (Å²) in [6.07, 6.45) is -8.88. The quantitative estimate of drug-likeness (QED) is 0.171. The minimum Gasteiger partial charge on any atom is -0.394 e. The van der Waals surface area contributed by atoms with E-state index in [1.807, 2.05) is 0 Å². The smallest absolute Gasteiger partial charge is 0.394 e. The molecule has 34 heavy (non-hydrogen) atoms. The molecule has 0 unspecified atom stereocenters. The predicted molar refractivity (Wildman–Crippen MR) is 97.5 cm³/mol. The number of aliphatic hydroxyl groups excluding tert-OH is 1. The molecule has 0 bridgehead atoms. The largest absolute Gasteiger partial charge is 0.460 e. The van der Waals surface area contributed by atoms with Gasteiger partial charge in [0.1, 0.15) is 0 Å². The van der Waals surface area contributed by atoms with Gasteiger partial charge in [0.05, 0.1) is 85.9 Å². The van der Waals surface area contributed by atoms with E-state index in [-0.39, 0.29) is 52.9 Å². The molecule has 0 aromatic carbocycles. The van der Waals surface area contributed by atoms with Crippen molar-refractivity contribution in [2.45, 2.75) is 30.4 Å². The second-order valence-corrected chi connectivity index (χ2v) is 6.50. The van der Waals surface area contributed by atoms with E-state index in [0.717, 1.165) is 0 Å². The fourth-order valence-corrected chi connectivity index (χ4v) is 2.03.